The standard InChI is InChI=1S/2C6H16N2.2HI.Ni/c2*1-5(2,7)6(3,4)8;;;/h2*7-8H2,1-4H3;2*1H;/q;;;;+2/p-2. The van der Waals surface area contributed by atoms with Gasteiger partial charge in [0, 0.05) is 22.2 Å². The van der Waals surface area contributed by atoms with E-state index in [1.165, 1.54) is 0 Å². The van der Waals surface area contributed by atoms with Crippen molar-refractivity contribution in [2.45, 2.75) is 77.5 Å². The summed E-state index contributed by atoms with van der Waals surface area (Å²) in [5.41, 5.74) is 21.6. The average molecular weight is 545 g/mol. The second-order valence-corrected chi connectivity index (χ2v) is 15.3. The molecule has 0 aromatic rings. The summed E-state index contributed by atoms with van der Waals surface area (Å²) in [5.74, 6) is 0. The Kier molecular flexibility index (Phi) is 13.2. The Labute approximate surface area is 148 Å². The van der Waals surface area contributed by atoms with Crippen molar-refractivity contribution >= 4 is 41.0 Å². The maximum atomic E-state index is 5.69. The first kappa shape index (κ1) is 25.7. The predicted octanol–water partition coefficient (Wildman–Crippen LogP) is 2.69. The molecule has 0 saturated carbocycles. The van der Waals surface area contributed by atoms with Gasteiger partial charge in [-0.1, -0.05) is 0 Å². The van der Waals surface area contributed by atoms with E-state index in [-0.39, 0.29) is 22.2 Å². The fraction of sp³-hybridized carbons (Fsp3) is 1.00. The van der Waals surface area contributed by atoms with E-state index in [4.69, 9.17) is 22.9 Å². The van der Waals surface area contributed by atoms with Crippen LogP contribution in [-0.2, 0) is 8.07 Å². The summed E-state index contributed by atoms with van der Waals surface area (Å²) in [6, 6.07) is 0. The first-order valence-electron chi connectivity index (χ1n) is 5.89. The Morgan fingerprint density at radius 1 is 0.526 bits per heavy atom. The third kappa shape index (κ3) is 16.0. The van der Waals surface area contributed by atoms with Gasteiger partial charge in [-0.25, -0.2) is 0 Å². The summed E-state index contributed by atoms with van der Waals surface area (Å²) in [4.78, 5) is 0. The van der Waals surface area contributed by atoms with Crippen molar-refractivity contribution in [3.8, 4) is 0 Å². The minimum absolute atomic E-state index is 0.285. The van der Waals surface area contributed by atoms with Crippen LogP contribution in [0.1, 0.15) is 55.4 Å². The quantitative estimate of drug-likeness (QED) is 0.317. The number of hydrogen-bond acceptors (Lipinski definition) is 4. The molecule has 0 aliphatic heterocycles. The van der Waals surface area contributed by atoms with Gasteiger partial charge in [0.15, 0.2) is 0 Å². The Bertz CT molecular complexity index is 174. The van der Waals surface area contributed by atoms with Gasteiger partial charge in [0.25, 0.3) is 0 Å². The van der Waals surface area contributed by atoms with E-state index in [2.05, 4.69) is 41.0 Å². The summed E-state index contributed by atoms with van der Waals surface area (Å²) in [5, 5.41) is 0. The summed E-state index contributed by atoms with van der Waals surface area (Å²) >= 11 is 4.43. The van der Waals surface area contributed by atoms with Crippen LogP contribution >= 0.6 is 41.0 Å². The molecule has 0 aromatic carbocycles. The molecule has 19 heavy (non-hydrogen) atoms. The van der Waals surface area contributed by atoms with Crippen molar-refractivity contribution in [2.24, 2.45) is 22.9 Å². The first-order chi connectivity index (χ1) is 7.91. The van der Waals surface area contributed by atoms with E-state index < -0.39 is 0 Å². The molecule has 0 radical (unpaired) electrons. The normalized spacial score (nSPS) is 13.2. The number of nitrogens with two attached hydrogens (primary N) is 4. The average Bonchev–Trinajstić information content (AvgIpc) is 1.97. The first-order valence-corrected chi connectivity index (χ1v) is 12.3. The molecule has 0 bridgehead atoms. The van der Waals surface area contributed by atoms with Crippen molar-refractivity contribution in [2.75, 3.05) is 0 Å². The van der Waals surface area contributed by atoms with E-state index in [1.807, 2.05) is 55.4 Å². The van der Waals surface area contributed by atoms with Crippen LogP contribution in [0.2, 0.25) is 0 Å². The zero-order chi connectivity index (χ0) is 16.7. The molecular formula is C12H32I2N4Ni. The van der Waals surface area contributed by atoms with Gasteiger partial charge in [0.2, 0.25) is 0 Å². The van der Waals surface area contributed by atoms with Gasteiger partial charge in [-0.2, -0.15) is 0 Å². The van der Waals surface area contributed by atoms with Gasteiger partial charge < -0.3 is 22.9 Å². The van der Waals surface area contributed by atoms with Gasteiger partial charge in [0.05, 0.1) is 0 Å². The van der Waals surface area contributed by atoms with Crippen molar-refractivity contribution in [1.82, 2.24) is 0 Å². The molecule has 0 rings (SSSR count). The maximum absolute atomic E-state index is 5.69. The molecule has 0 spiro atoms. The summed E-state index contributed by atoms with van der Waals surface area (Å²) in [6.45, 7) is 15.4. The molecular weight excluding hydrogens is 513 g/mol. The summed E-state index contributed by atoms with van der Waals surface area (Å²) < 4.78 is 0. The Balaban J connectivity index is -0.000000224. The Hall–Kier alpha value is 1.79. The van der Waals surface area contributed by atoms with Gasteiger partial charge in [-0.15, -0.1) is 0 Å². The van der Waals surface area contributed by atoms with Crippen molar-refractivity contribution in [3.63, 3.8) is 0 Å². The van der Waals surface area contributed by atoms with Crippen molar-refractivity contribution in [1.29, 1.82) is 0 Å². The molecule has 0 aliphatic rings. The van der Waals surface area contributed by atoms with E-state index in [9.17, 15) is 0 Å². The van der Waals surface area contributed by atoms with Crippen LogP contribution in [0.15, 0.2) is 0 Å². The zero-order valence-corrected chi connectivity index (χ0v) is 18.7. The van der Waals surface area contributed by atoms with Gasteiger partial charge in [-0.05, 0) is 55.4 Å². The van der Waals surface area contributed by atoms with Crippen LogP contribution in [0.4, 0.5) is 0 Å². The molecule has 0 aliphatic carbocycles. The fourth-order valence-electron chi connectivity index (χ4n) is 0. The van der Waals surface area contributed by atoms with E-state index in [0.717, 1.165) is 0 Å². The molecule has 124 valence electrons. The van der Waals surface area contributed by atoms with E-state index in [0.29, 0.717) is 0 Å². The van der Waals surface area contributed by atoms with Crippen molar-refractivity contribution < 1.29 is 8.07 Å². The van der Waals surface area contributed by atoms with Crippen LogP contribution < -0.4 is 22.9 Å². The van der Waals surface area contributed by atoms with Gasteiger partial charge in [0.1, 0.15) is 0 Å². The van der Waals surface area contributed by atoms with Gasteiger partial charge in [-0.3, -0.25) is 0 Å². The number of rotatable bonds is 2. The predicted molar refractivity (Wildman–Crippen MR) is 101 cm³/mol. The summed E-state index contributed by atoms with van der Waals surface area (Å²) in [7, 11) is 1.56. The molecule has 0 amide bonds. The van der Waals surface area contributed by atoms with E-state index in [1.54, 1.807) is 8.07 Å². The Morgan fingerprint density at radius 3 is 0.579 bits per heavy atom. The zero-order valence-electron chi connectivity index (χ0n) is 13.4. The number of halogens is 2. The van der Waals surface area contributed by atoms with Crippen LogP contribution in [0.5, 0.6) is 0 Å². The SMILES string of the molecule is CC(C)(N)C(C)(C)N.CC(C)(N)C(C)(C)N.[I][Ni][I]. The molecule has 0 fully saturated rings. The van der Waals surface area contributed by atoms with E-state index >= 15 is 0 Å². The van der Waals surface area contributed by atoms with Crippen LogP contribution in [0.3, 0.4) is 0 Å². The molecule has 0 heterocycles. The molecule has 0 unspecified atom stereocenters. The monoisotopic (exact) mass is 544 g/mol. The van der Waals surface area contributed by atoms with Crippen LogP contribution in [0, 0.1) is 0 Å². The Morgan fingerprint density at radius 2 is 0.579 bits per heavy atom. The molecule has 0 atom stereocenters. The molecule has 8 N–H and O–H groups in total. The van der Waals surface area contributed by atoms with Crippen LogP contribution in [-0.4, -0.2) is 22.2 Å². The summed E-state index contributed by atoms with van der Waals surface area (Å²) in [6.07, 6.45) is 0. The second-order valence-electron chi connectivity index (χ2n) is 6.93. The molecule has 0 aromatic heterocycles. The van der Waals surface area contributed by atoms with Crippen LogP contribution in [0.25, 0.3) is 0 Å². The fourth-order valence-corrected chi connectivity index (χ4v) is 0. The molecule has 7 heteroatoms. The van der Waals surface area contributed by atoms with Crippen molar-refractivity contribution in [3.05, 3.63) is 0 Å². The molecule has 4 nitrogen and oxygen atoms in total. The number of hydrogen-bond donors (Lipinski definition) is 4. The topological polar surface area (TPSA) is 104 Å². The second kappa shape index (κ2) is 9.74. The molecule has 0 saturated heterocycles. The third-order valence-corrected chi connectivity index (χ3v) is 3.32. The third-order valence-electron chi connectivity index (χ3n) is 3.32. The van der Waals surface area contributed by atoms with Gasteiger partial charge >= 0.3 is 49.0 Å². The minimum atomic E-state index is -0.285.